The summed E-state index contributed by atoms with van der Waals surface area (Å²) >= 11 is 6.02. The average molecular weight is 318 g/mol. The van der Waals surface area contributed by atoms with E-state index in [0.717, 1.165) is 6.20 Å². The molecule has 0 spiro atoms. The molecule has 0 fully saturated rings. The average Bonchev–Trinajstić information content (AvgIpc) is 3.06. The van der Waals surface area contributed by atoms with Gasteiger partial charge in [-0.3, -0.25) is 9.48 Å². The maximum atomic E-state index is 12.7. The third-order valence-electron chi connectivity index (χ3n) is 3.01. The molecule has 2 rings (SSSR count). The maximum Gasteiger partial charge on any atom is 0.333 e. The predicted molar refractivity (Wildman–Crippen MR) is 72.2 cm³/mol. The van der Waals surface area contributed by atoms with Crippen molar-refractivity contribution in [3.05, 3.63) is 34.9 Å². The van der Waals surface area contributed by atoms with E-state index in [4.69, 9.17) is 11.6 Å². The van der Waals surface area contributed by atoms with Gasteiger partial charge in [-0.2, -0.15) is 23.7 Å². The van der Waals surface area contributed by atoms with Crippen LogP contribution in [0.3, 0.4) is 0 Å². The molecule has 2 aromatic rings. The number of hydrogen-bond acceptors (Lipinski definition) is 3. The molecule has 0 atom stereocenters. The van der Waals surface area contributed by atoms with Crippen molar-refractivity contribution in [3.63, 3.8) is 0 Å². The minimum absolute atomic E-state index is 0.167. The van der Waals surface area contributed by atoms with Crippen LogP contribution < -0.4 is 0 Å². The van der Waals surface area contributed by atoms with Gasteiger partial charge < -0.3 is 4.90 Å². The molecule has 0 aliphatic rings. The Balaban J connectivity index is 2.20. The number of carbonyl (C=O) groups is 1. The summed E-state index contributed by atoms with van der Waals surface area (Å²) in [5.41, 5.74) is 0.476. The van der Waals surface area contributed by atoms with Crippen LogP contribution >= 0.6 is 11.6 Å². The lowest BCUT2D eigenvalue weighted by Crippen LogP contribution is -2.29. The molecule has 9 heteroatoms. The molecule has 0 unspecified atom stereocenters. The summed E-state index contributed by atoms with van der Waals surface area (Å²) in [5, 5.41) is 7.94. The fraction of sp³-hybridized carbons (Fsp3) is 0.417. The van der Waals surface area contributed by atoms with Crippen LogP contribution in [0.4, 0.5) is 8.78 Å². The van der Waals surface area contributed by atoms with E-state index < -0.39 is 12.5 Å². The standard InChI is InChI=1S/C12H14ClF2N5O/c1-3-19-10(8(13)6-17-19)7-18(2)11(21)9-4-5-16-20(9)12(14)15/h4-6,12H,3,7H2,1-2H3. The number of rotatable bonds is 5. The Morgan fingerprint density at radius 1 is 1.48 bits per heavy atom. The van der Waals surface area contributed by atoms with Gasteiger partial charge in [-0.15, -0.1) is 0 Å². The van der Waals surface area contributed by atoms with Gasteiger partial charge in [-0.25, -0.2) is 0 Å². The Morgan fingerprint density at radius 3 is 2.81 bits per heavy atom. The van der Waals surface area contributed by atoms with Gasteiger partial charge in [0, 0.05) is 19.8 Å². The molecule has 1 amide bonds. The topological polar surface area (TPSA) is 56.0 Å². The summed E-state index contributed by atoms with van der Waals surface area (Å²) < 4.78 is 27.5. The highest BCUT2D eigenvalue weighted by atomic mass is 35.5. The predicted octanol–water partition coefficient (Wildman–Crippen LogP) is 2.42. The van der Waals surface area contributed by atoms with E-state index in [9.17, 15) is 13.6 Å². The van der Waals surface area contributed by atoms with Crippen molar-refractivity contribution >= 4 is 17.5 Å². The number of amides is 1. The number of halogens is 3. The quantitative estimate of drug-likeness (QED) is 0.851. The number of nitrogens with zero attached hydrogens (tertiary/aromatic N) is 5. The lowest BCUT2D eigenvalue weighted by Gasteiger charge is -2.18. The van der Waals surface area contributed by atoms with Crippen LogP contribution in [-0.2, 0) is 13.1 Å². The largest absolute Gasteiger partial charge is 0.334 e. The van der Waals surface area contributed by atoms with E-state index in [1.807, 2.05) is 6.92 Å². The van der Waals surface area contributed by atoms with Crippen molar-refractivity contribution in [2.75, 3.05) is 7.05 Å². The van der Waals surface area contributed by atoms with Crippen LogP contribution in [0.25, 0.3) is 0 Å². The molecule has 0 N–H and O–H groups in total. The Hall–Kier alpha value is -1.96. The molecule has 114 valence electrons. The SMILES string of the molecule is CCn1ncc(Cl)c1CN(C)C(=O)c1ccnn1C(F)F. The van der Waals surface area contributed by atoms with Crippen LogP contribution in [0.2, 0.25) is 5.02 Å². The van der Waals surface area contributed by atoms with Crippen LogP contribution in [0.5, 0.6) is 0 Å². The molecular weight excluding hydrogens is 304 g/mol. The van der Waals surface area contributed by atoms with Gasteiger partial charge in [-0.1, -0.05) is 11.6 Å². The van der Waals surface area contributed by atoms with E-state index in [1.54, 1.807) is 4.68 Å². The lowest BCUT2D eigenvalue weighted by atomic mass is 10.3. The third-order valence-corrected chi connectivity index (χ3v) is 3.32. The zero-order chi connectivity index (χ0) is 15.6. The van der Waals surface area contributed by atoms with E-state index in [0.29, 0.717) is 21.9 Å². The molecule has 0 aliphatic carbocycles. The van der Waals surface area contributed by atoms with Crippen molar-refractivity contribution in [1.82, 2.24) is 24.5 Å². The number of aryl methyl sites for hydroxylation is 1. The van der Waals surface area contributed by atoms with Crippen molar-refractivity contribution in [3.8, 4) is 0 Å². The van der Waals surface area contributed by atoms with Gasteiger partial charge >= 0.3 is 6.55 Å². The molecule has 0 saturated carbocycles. The first-order chi connectivity index (χ1) is 9.95. The fourth-order valence-electron chi connectivity index (χ4n) is 1.95. The van der Waals surface area contributed by atoms with Gasteiger partial charge in [0.15, 0.2) is 0 Å². The molecule has 0 radical (unpaired) electrons. The highest BCUT2D eigenvalue weighted by Crippen LogP contribution is 2.19. The molecule has 2 aromatic heterocycles. The van der Waals surface area contributed by atoms with E-state index in [1.165, 1.54) is 24.2 Å². The van der Waals surface area contributed by atoms with Crippen molar-refractivity contribution < 1.29 is 13.6 Å². The third kappa shape index (κ3) is 3.05. The van der Waals surface area contributed by atoms with Crippen LogP contribution in [-0.4, -0.2) is 37.4 Å². The maximum absolute atomic E-state index is 12.7. The second-order valence-electron chi connectivity index (χ2n) is 4.35. The van der Waals surface area contributed by atoms with Crippen LogP contribution in [0.15, 0.2) is 18.5 Å². The van der Waals surface area contributed by atoms with Gasteiger partial charge in [0.2, 0.25) is 0 Å². The first-order valence-corrected chi connectivity index (χ1v) is 6.60. The number of aromatic nitrogens is 4. The smallest absolute Gasteiger partial charge is 0.333 e. The molecule has 0 aromatic carbocycles. The van der Waals surface area contributed by atoms with Crippen molar-refractivity contribution in [2.24, 2.45) is 0 Å². The first kappa shape index (κ1) is 15.4. The number of hydrogen-bond donors (Lipinski definition) is 0. The van der Waals surface area contributed by atoms with Gasteiger partial charge in [0.25, 0.3) is 5.91 Å². The summed E-state index contributed by atoms with van der Waals surface area (Å²) in [6, 6.07) is 1.25. The first-order valence-electron chi connectivity index (χ1n) is 6.23. The molecule has 0 aliphatic heterocycles. The van der Waals surface area contributed by atoms with Crippen molar-refractivity contribution in [1.29, 1.82) is 0 Å². The van der Waals surface area contributed by atoms with Gasteiger partial charge in [-0.05, 0) is 13.0 Å². The summed E-state index contributed by atoms with van der Waals surface area (Å²) in [4.78, 5) is 13.5. The number of carbonyl (C=O) groups excluding carboxylic acids is 1. The van der Waals surface area contributed by atoms with Gasteiger partial charge in [0.1, 0.15) is 5.69 Å². The molecule has 6 nitrogen and oxygen atoms in total. The minimum atomic E-state index is -2.86. The zero-order valence-corrected chi connectivity index (χ0v) is 12.3. The van der Waals surface area contributed by atoms with Crippen LogP contribution in [0, 0.1) is 0 Å². The van der Waals surface area contributed by atoms with E-state index >= 15 is 0 Å². The second-order valence-corrected chi connectivity index (χ2v) is 4.76. The van der Waals surface area contributed by atoms with E-state index in [2.05, 4.69) is 10.2 Å². The second kappa shape index (κ2) is 6.21. The Kier molecular flexibility index (Phi) is 4.56. The van der Waals surface area contributed by atoms with E-state index in [-0.39, 0.29) is 12.2 Å². The molecule has 0 bridgehead atoms. The fourth-order valence-corrected chi connectivity index (χ4v) is 2.15. The normalized spacial score (nSPS) is 11.1. The molecule has 2 heterocycles. The summed E-state index contributed by atoms with van der Waals surface area (Å²) in [7, 11) is 1.51. The monoisotopic (exact) mass is 317 g/mol. The summed E-state index contributed by atoms with van der Waals surface area (Å²) in [6.07, 6.45) is 2.65. The Labute approximate surface area is 124 Å². The zero-order valence-electron chi connectivity index (χ0n) is 11.5. The Bertz CT molecular complexity index is 639. The molecule has 21 heavy (non-hydrogen) atoms. The Morgan fingerprint density at radius 2 is 2.19 bits per heavy atom. The summed E-state index contributed by atoms with van der Waals surface area (Å²) in [5.74, 6) is -0.562. The van der Waals surface area contributed by atoms with Crippen LogP contribution in [0.1, 0.15) is 29.7 Å². The highest BCUT2D eigenvalue weighted by Gasteiger charge is 2.22. The molecule has 0 saturated heterocycles. The lowest BCUT2D eigenvalue weighted by molar-refractivity contribution is 0.0472. The molecular formula is C12H14ClF2N5O. The highest BCUT2D eigenvalue weighted by molar-refractivity contribution is 6.31. The number of alkyl halides is 2. The minimum Gasteiger partial charge on any atom is -0.334 e. The van der Waals surface area contributed by atoms with Gasteiger partial charge in [0.05, 0.1) is 23.5 Å². The summed E-state index contributed by atoms with van der Waals surface area (Å²) in [6.45, 7) is -0.212. The van der Waals surface area contributed by atoms with Crippen molar-refractivity contribution in [2.45, 2.75) is 26.6 Å².